The van der Waals surface area contributed by atoms with Gasteiger partial charge in [0.05, 0.1) is 24.4 Å². The Bertz CT molecular complexity index is 397. The van der Waals surface area contributed by atoms with Crippen molar-refractivity contribution >= 4 is 0 Å². The van der Waals surface area contributed by atoms with Gasteiger partial charge in [0, 0.05) is 0 Å². The normalized spacial score (nSPS) is 15.1. The summed E-state index contributed by atoms with van der Waals surface area (Å²) in [6.45, 7) is 5.89. The first-order valence-corrected chi connectivity index (χ1v) is 7.01. The minimum atomic E-state index is -0.931. The zero-order valence-corrected chi connectivity index (χ0v) is 12.5. The van der Waals surface area contributed by atoms with Crippen LogP contribution in [0, 0.1) is 5.82 Å². The zero-order chi connectivity index (χ0) is 15.2. The lowest BCUT2D eigenvalue weighted by Gasteiger charge is -2.29. The van der Waals surface area contributed by atoms with Crippen molar-refractivity contribution in [3.05, 3.63) is 35.6 Å². The average Bonchev–Trinajstić information content (AvgIpc) is 2.38. The lowest BCUT2D eigenvalue weighted by molar-refractivity contribution is -0.0715. The van der Waals surface area contributed by atoms with Gasteiger partial charge in [-0.25, -0.2) is 4.39 Å². The van der Waals surface area contributed by atoms with Gasteiger partial charge in [-0.2, -0.15) is 0 Å². The SMILES string of the molecule is CCC(O)(CCC(C)(C)O)COCc1ccc(F)cc1. The Hall–Kier alpha value is -0.970. The van der Waals surface area contributed by atoms with Crippen LogP contribution in [0.15, 0.2) is 24.3 Å². The van der Waals surface area contributed by atoms with Crippen molar-refractivity contribution in [2.45, 2.75) is 57.8 Å². The highest BCUT2D eigenvalue weighted by Crippen LogP contribution is 2.23. The Morgan fingerprint density at radius 2 is 1.70 bits per heavy atom. The second kappa shape index (κ2) is 7.16. The summed E-state index contributed by atoms with van der Waals surface area (Å²) in [4.78, 5) is 0. The van der Waals surface area contributed by atoms with Crippen LogP contribution in [0.4, 0.5) is 4.39 Å². The van der Waals surface area contributed by atoms with Crippen LogP contribution >= 0.6 is 0 Å². The van der Waals surface area contributed by atoms with Gasteiger partial charge in [0.1, 0.15) is 5.82 Å². The van der Waals surface area contributed by atoms with E-state index in [1.54, 1.807) is 26.0 Å². The van der Waals surface area contributed by atoms with Crippen LogP contribution in [0.25, 0.3) is 0 Å². The first-order valence-electron chi connectivity index (χ1n) is 7.01. The number of hydrogen-bond donors (Lipinski definition) is 2. The monoisotopic (exact) mass is 284 g/mol. The van der Waals surface area contributed by atoms with Crippen LogP contribution in [-0.2, 0) is 11.3 Å². The van der Waals surface area contributed by atoms with Gasteiger partial charge >= 0.3 is 0 Å². The standard InChI is InChI=1S/C16H25FO3/c1-4-16(19,10-9-15(2,3)18)12-20-11-13-5-7-14(17)8-6-13/h5-8,18-19H,4,9-12H2,1-3H3. The van der Waals surface area contributed by atoms with Gasteiger partial charge in [-0.05, 0) is 50.8 Å². The molecule has 1 atom stereocenters. The Balaban J connectivity index is 2.42. The van der Waals surface area contributed by atoms with Gasteiger partial charge in [0.15, 0.2) is 0 Å². The number of hydrogen-bond acceptors (Lipinski definition) is 3. The molecule has 0 saturated heterocycles. The van der Waals surface area contributed by atoms with Crippen LogP contribution in [0.1, 0.15) is 45.6 Å². The Kier molecular flexibility index (Phi) is 6.11. The second-order valence-electron chi connectivity index (χ2n) is 6.01. The maximum absolute atomic E-state index is 12.8. The lowest BCUT2D eigenvalue weighted by Crippen LogP contribution is -2.36. The summed E-state index contributed by atoms with van der Waals surface area (Å²) in [6.07, 6.45) is 1.56. The molecule has 4 heteroatoms. The predicted molar refractivity (Wildman–Crippen MR) is 76.8 cm³/mol. The minimum absolute atomic E-state index is 0.205. The maximum atomic E-state index is 12.8. The van der Waals surface area contributed by atoms with Crippen molar-refractivity contribution in [3.8, 4) is 0 Å². The molecule has 0 saturated carbocycles. The van der Waals surface area contributed by atoms with Crippen molar-refractivity contribution in [2.75, 3.05) is 6.61 Å². The molecule has 0 aliphatic carbocycles. The smallest absolute Gasteiger partial charge is 0.123 e. The molecule has 1 aromatic rings. The summed E-state index contributed by atoms with van der Waals surface area (Å²) in [5.74, 6) is -0.274. The molecule has 3 nitrogen and oxygen atoms in total. The molecular weight excluding hydrogens is 259 g/mol. The van der Waals surface area contributed by atoms with Gasteiger partial charge < -0.3 is 14.9 Å². The first-order chi connectivity index (χ1) is 9.24. The lowest BCUT2D eigenvalue weighted by atomic mass is 9.90. The summed E-state index contributed by atoms with van der Waals surface area (Å²) in [6, 6.07) is 6.10. The molecule has 0 spiro atoms. The molecule has 0 amide bonds. The van der Waals surface area contributed by atoms with E-state index >= 15 is 0 Å². The molecule has 0 bridgehead atoms. The molecule has 2 N–H and O–H groups in total. The largest absolute Gasteiger partial charge is 0.390 e. The van der Waals surface area contributed by atoms with Crippen molar-refractivity contribution in [1.82, 2.24) is 0 Å². The van der Waals surface area contributed by atoms with E-state index in [0.29, 0.717) is 25.9 Å². The van der Waals surface area contributed by atoms with E-state index in [2.05, 4.69) is 0 Å². The summed E-state index contributed by atoms with van der Waals surface area (Å²) in [7, 11) is 0. The topological polar surface area (TPSA) is 49.7 Å². The van der Waals surface area contributed by atoms with Crippen LogP contribution in [0.5, 0.6) is 0 Å². The van der Waals surface area contributed by atoms with Gasteiger partial charge in [0.2, 0.25) is 0 Å². The molecule has 20 heavy (non-hydrogen) atoms. The van der Waals surface area contributed by atoms with E-state index in [-0.39, 0.29) is 12.4 Å². The highest BCUT2D eigenvalue weighted by atomic mass is 19.1. The molecular formula is C16H25FO3. The highest BCUT2D eigenvalue weighted by Gasteiger charge is 2.27. The maximum Gasteiger partial charge on any atom is 0.123 e. The van der Waals surface area contributed by atoms with E-state index in [4.69, 9.17) is 4.74 Å². The number of benzene rings is 1. The third kappa shape index (κ3) is 6.46. The third-order valence-corrected chi connectivity index (χ3v) is 3.41. The fourth-order valence-corrected chi connectivity index (χ4v) is 1.83. The molecule has 1 rings (SSSR count). The number of rotatable bonds is 8. The third-order valence-electron chi connectivity index (χ3n) is 3.41. The molecule has 0 heterocycles. The van der Waals surface area contributed by atoms with Crippen molar-refractivity contribution in [2.24, 2.45) is 0 Å². The highest BCUT2D eigenvalue weighted by molar-refractivity contribution is 5.14. The number of aliphatic hydroxyl groups is 2. The van der Waals surface area contributed by atoms with Crippen LogP contribution in [0.3, 0.4) is 0 Å². The van der Waals surface area contributed by atoms with Crippen molar-refractivity contribution in [3.63, 3.8) is 0 Å². The van der Waals surface area contributed by atoms with Crippen molar-refractivity contribution in [1.29, 1.82) is 0 Å². The van der Waals surface area contributed by atoms with Gasteiger partial charge in [-0.15, -0.1) is 0 Å². The van der Waals surface area contributed by atoms with Crippen molar-refractivity contribution < 1.29 is 19.3 Å². The Labute approximate surface area is 120 Å². The summed E-state index contributed by atoms with van der Waals surface area (Å²) in [5.41, 5.74) is -0.854. The van der Waals surface area contributed by atoms with E-state index < -0.39 is 11.2 Å². The van der Waals surface area contributed by atoms with Gasteiger partial charge in [0.25, 0.3) is 0 Å². The molecule has 1 unspecified atom stereocenters. The molecule has 114 valence electrons. The Morgan fingerprint density at radius 1 is 1.10 bits per heavy atom. The molecule has 0 fully saturated rings. The zero-order valence-electron chi connectivity index (χ0n) is 12.5. The molecule has 1 aromatic carbocycles. The van der Waals surface area contributed by atoms with Crippen LogP contribution < -0.4 is 0 Å². The fourth-order valence-electron chi connectivity index (χ4n) is 1.83. The summed E-state index contributed by atoms with van der Waals surface area (Å²) in [5, 5.41) is 20.1. The minimum Gasteiger partial charge on any atom is -0.390 e. The van der Waals surface area contributed by atoms with E-state index in [0.717, 1.165) is 5.56 Å². The number of ether oxygens (including phenoxy) is 1. The van der Waals surface area contributed by atoms with Crippen LogP contribution in [-0.4, -0.2) is 28.0 Å². The molecule has 0 aromatic heterocycles. The first kappa shape index (κ1) is 17.1. The molecule has 0 aliphatic rings. The van der Waals surface area contributed by atoms with Gasteiger partial charge in [-0.1, -0.05) is 19.1 Å². The van der Waals surface area contributed by atoms with E-state index in [1.165, 1.54) is 12.1 Å². The fraction of sp³-hybridized carbons (Fsp3) is 0.625. The summed E-state index contributed by atoms with van der Waals surface area (Å²) >= 11 is 0. The Morgan fingerprint density at radius 3 is 2.20 bits per heavy atom. The summed E-state index contributed by atoms with van der Waals surface area (Å²) < 4.78 is 18.3. The quantitative estimate of drug-likeness (QED) is 0.771. The number of halogens is 1. The second-order valence-corrected chi connectivity index (χ2v) is 6.01. The molecule has 0 aliphatic heterocycles. The van der Waals surface area contributed by atoms with Gasteiger partial charge in [-0.3, -0.25) is 0 Å². The van der Waals surface area contributed by atoms with Crippen LogP contribution in [0.2, 0.25) is 0 Å². The predicted octanol–water partition coefficient (Wildman–Crippen LogP) is 3.03. The molecule has 0 radical (unpaired) electrons. The van der Waals surface area contributed by atoms with E-state index in [1.807, 2.05) is 6.92 Å². The van der Waals surface area contributed by atoms with E-state index in [9.17, 15) is 14.6 Å². The average molecular weight is 284 g/mol.